The third-order valence-electron chi connectivity index (χ3n) is 4.23. The van der Waals surface area contributed by atoms with Crippen molar-refractivity contribution in [1.29, 1.82) is 0 Å². The number of rotatable bonds is 3. The van der Waals surface area contributed by atoms with Crippen LogP contribution in [0.1, 0.15) is 11.5 Å². The number of hydrogen-bond donors (Lipinski definition) is 1. The van der Waals surface area contributed by atoms with Crippen LogP contribution in [-0.4, -0.2) is 25.5 Å². The standard InChI is InChI=1S/C17H16N2O2S/c20-22(21,16-4-2-1-3-5-16)19-9-8-14-10-13(6-7-17(14)19)15-11-18-12-15/h1-10,15,18H,11-12H2. The molecule has 1 N–H and O–H groups in total. The van der Waals surface area contributed by atoms with Gasteiger partial charge in [0.1, 0.15) is 0 Å². The molecule has 4 nitrogen and oxygen atoms in total. The highest BCUT2D eigenvalue weighted by atomic mass is 32.2. The van der Waals surface area contributed by atoms with E-state index in [-0.39, 0.29) is 0 Å². The quantitative estimate of drug-likeness (QED) is 0.808. The van der Waals surface area contributed by atoms with Crippen LogP contribution in [0.5, 0.6) is 0 Å². The molecule has 0 atom stereocenters. The largest absolute Gasteiger partial charge is 0.315 e. The Kier molecular flexibility index (Phi) is 3.06. The average Bonchev–Trinajstić information content (AvgIpc) is 2.90. The Labute approximate surface area is 129 Å². The Hall–Kier alpha value is -2.11. The zero-order valence-corrected chi connectivity index (χ0v) is 12.8. The van der Waals surface area contributed by atoms with Crippen molar-refractivity contribution in [1.82, 2.24) is 9.29 Å². The zero-order valence-electron chi connectivity index (χ0n) is 11.9. The molecule has 0 radical (unpaired) electrons. The molecule has 0 bridgehead atoms. The minimum atomic E-state index is -3.54. The second-order valence-electron chi connectivity index (χ2n) is 5.60. The van der Waals surface area contributed by atoms with Gasteiger partial charge in [0.25, 0.3) is 10.0 Å². The molecule has 2 heterocycles. The lowest BCUT2D eigenvalue weighted by Crippen LogP contribution is -2.39. The van der Waals surface area contributed by atoms with Crippen molar-refractivity contribution in [2.75, 3.05) is 13.1 Å². The average molecular weight is 312 g/mol. The normalized spacial score (nSPS) is 15.8. The van der Waals surface area contributed by atoms with Crippen LogP contribution in [0.25, 0.3) is 10.9 Å². The third kappa shape index (κ3) is 2.05. The highest BCUT2D eigenvalue weighted by Gasteiger charge is 2.21. The van der Waals surface area contributed by atoms with Crippen LogP contribution >= 0.6 is 0 Å². The van der Waals surface area contributed by atoms with Crippen molar-refractivity contribution >= 4 is 20.9 Å². The van der Waals surface area contributed by atoms with Gasteiger partial charge in [0, 0.05) is 30.6 Å². The molecule has 3 aromatic rings. The molecule has 2 aromatic carbocycles. The third-order valence-corrected chi connectivity index (χ3v) is 5.94. The van der Waals surface area contributed by atoms with Gasteiger partial charge < -0.3 is 5.32 Å². The summed E-state index contributed by atoms with van der Waals surface area (Å²) in [7, 11) is -3.54. The molecule has 5 heteroatoms. The molecule has 1 fully saturated rings. The Bertz CT molecular complexity index is 926. The summed E-state index contributed by atoms with van der Waals surface area (Å²) in [6.45, 7) is 1.99. The molecule has 0 unspecified atom stereocenters. The van der Waals surface area contributed by atoms with Crippen molar-refractivity contribution in [3.05, 3.63) is 66.4 Å². The Morgan fingerprint density at radius 1 is 1.00 bits per heavy atom. The fourth-order valence-electron chi connectivity index (χ4n) is 2.83. The molecular formula is C17H16N2O2S. The number of hydrogen-bond acceptors (Lipinski definition) is 3. The van der Waals surface area contributed by atoms with Gasteiger partial charge in [-0.2, -0.15) is 0 Å². The first kappa shape index (κ1) is 13.5. The van der Waals surface area contributed by atoms with Gasteiger partial charge in [-0.1, -0.05) is 24.3 Å². The first-order chi connectivity index (χ1) is 10.7. The van der Waals surface area contributed by atoms with E-state index in [1.807, 2.05) is 24.3 Å². The van der Waals surface area contributed by atoms with Gasteiger partial charge in [0.2, 0.25) is 0 Å². The molecular weight excluding hydrogens is 296 g/mol. The highest BCUT2D eigenvalue weighted by Crippen LogP contribution is 2.27. The van der Waals surface area contributed by atoms with E-state index in [4.69, 9.17) is 0 Å². The summed E-state index contributed by atoms with van der Waals surface area (Å²) in [5.41, 5.74) is 1.99. The predicted octanol–water partition coefficient (Wildman–Crippen LogP) is 2.57. The van der Waals surface area contributed by atoms with Gasteiger partial charge in [0.15, 0.2) is 0 Å². The summed E-state index contributed by atoms with van der Waals surface area (Å²) in [5, 5.41) is 4.22. The molecule has 0 aliphatic carbocycles. The van der Waals surface area contributed by atoms with Crippen LogP contribution in [0.15, 0.2) is 65.7 Å². The summed E-state index contributed by atoms with van der Waals surface area (Å²) in [5.74, 6) is 0.540. The van der Waals surface area contributed by atoms with Gasteiger partial charge in [0.05, 0.1) is 10.4 Å². The molecule has 0 amide bonds. The SMILES string of the molecule is O=S(=O)(c1ccccc1)n1ccc2cc(C3CNC3)ccc21. The number of benzene rings is 2. The topological polar surface area (TPSA) is 51.1 Å². The molecule has 1 aromatic heterocycles. The van der Waals surface area contributed by atoms with Crippen LogP contribution < -0.4 is 5.32 Å². The minimum absolute atomic E-state index is 0.305. The predicted molar refractivity (Wildman–Crippen MR) is 86.6 cm³/mol. The summed E-state index contributed by atoms with van der Waals surface area (Å²) < 4.78 is 26.9. The summed E-state index contributed by atoms with van der Waals surface area (Å²) >= 11 is 0. The van der Waals surface area contributed by atoms with Crippen molar-refractivity contribution in [2.45, 2.75) is 10.8 Å². The van der Waals surface area contributed by atoms with Crippen molar-refractivity contribution < 1.29 is 8.42 Å². The summed E-state index contributed by atoms with van der Waals surface area (Å²) in [4.78, 5) is 0.305. The summed E-state index contributed by atoms with van der Waals surface area (Å²) in [6.07, 6.45) is 1.63. The second kappa shape index (κ2) is 4.97. The summed E-state index contributed by atoms with van der Waals surface area (Å²) in [6, 6.07) is 16.4. The van der Waals surface area contributed by atoms with Crippen molar-refractivity contribution in [3.63, 3.8) is 0 Å². The van der Waals surface area contributed by atoms with Crippen LogP contribution in [-0.2, 0) is 10.0 Å². The lowest BCUT2D eigenvalue weighted by molar-refractivity contribution is 0.449. The number of nitrogens with one attached hydrogen (secondary N) is 1. The second-order valence-corrected chi connectivity index (χ2v) is 7.42. The van der Waals surface area contributed by atoms with E-state index < -0.39 is 10.0 Å². The van der Waals surface area contributed by atoms with Crippen LogP contribution in [0.3, 0.4) is 0 Å². The van der Waals surface area contributed by atoms with Gasteiger partial charge >= 0.3 is 0 Å². The van der Waals surface area contributed by atoms with E-state index >= 15 is 0 Å². The van der Waals surface area contributed by atoms with E-state index in [9.17, 15) is 8.42 Å². The van der Waals surface area contributed by atoms with Crippen molar-refractivity contribution in [3.8, 4) is 0 Å². The fraction of sp³-hybridized carbons (Fsp3) is 0.176. The molecule has 4 rings (SSSR count). The Morgan fingerprint density at radius 2 is 1.77 bits per heavy atom. The maximum absolute atomic E-state index is 12.7. The van der Waals surface area contributed by atoms with Gasteiger partial charge in [-0.15, -0.1) is 0 Å². The smallest absolute Gasteiger partial charge is 0.268 e. The number of fused-ring (bicyclic) bond motifs is 1. The Balaban J connectivity index is 1.82. The van der Waals surface area contributed by atoms with Gasteiger partial charge in [-0.25, -0.2) is 12.4 Å². The van der Waals surface area contributed by atoms with E-state index in [0.717, 1.165) is 24.0 Å². The minimum Gasteiger partial charge on any atom is -0.315 e. The monoisotopic (exact) mass is 312 g/mol. The van der Waals surface area contributed by atoms with E-state index in [1.54, 1.807) is 30.5 Å². The fourth-order valence-corrected chi connectivity index (χ4v) is 4.20. The number of nitrogens with zero attached hydrogens (tertiary/aromatic N) is 1. The van der Waals surface area contributed by atoms with Crippen molar-refractivity contribution in [2.24, 2.45) is 0 Å². The molecule has 1 aliphatic heterocycles. The van der Waals surface area contributed by atoms with Crippen LogP contribution in [0, 0.1) is 0 Å². The zero-order chi connectivity index (χ0) is 15.2. The molecule has 0 spiro atoms. The molecule has 112 valence electrons. The van der Waals surface area contributed by atoms with Crippen LogP contribution in [0.2, 0.25) is 0 Å². The Morgan fingerprint density at radius 3 is 2.45 bits per heavy atom. The molecule has 1 saturated heterocycles. The first-order valence-corrected chi connectivity index (χ1v) is 8.72. The van der Waals surface area contributed by atoms with Crippen LogP contribution in [0.4, 0.5) is 0 Å². The number of aromatic nitrogens is 1. The van der Waals surface area contributed by atoms with E-state index in [2.05, 4.69) is 11.4 Å². The van der Waals surface area contributed by atoms with E-state index in [0.29, 0.717) is 10.8 Å². The molecule has 1 aliphatic rings. The van der Waals surface area contributed by atoms with Gasteiger partial charge in [-0.3, -0.25) is 0 Å². The maximum Gasteiger partial charge on any atom is 0.268 e. The van der Waals surface area contributed by atoms with Gasteiger partial charge in [-0.05, 0) is 35.9 Å². The maximum atomic E-state index is 12.7. The molecule has 0 saturated carbocycles. The van der Waals surface area contributed by atoms with E-state index in [1.165, 1.54) is 9.54 Å². The lowest BCUT2D eigenvalue weighted by Gasteiger charge is -2.27. The highest BCUT2D eigenvalue weighted by molar-refractivity contribution is 7.90. The first-order valence-electron chi connectivity index (χ1n) is 7.28. The lowest BCUT2D eigenvalue weighted by atomic mass is 9.93. The molecule has 22 heavy (non-hydrogen) atoms.